The molecule has 21 heavy (non-hydrogen) atoms. The highest BCUT2D eigenvalue weighted by Gasteiger charge is 2.24. The number of ether oxygens (including phenoxy) is 1. The van der Waals surface area contributed by atoms with Gasteiger partial charge in [-0.2, -0.15) is 0 Å². The molecule has 1 saturated heterocycles. The molecule has 0 amide bonds. The number of hydrogen-bond acceptors (Lipinski definition) is 5. The summed E-state index contributed by atoms with van der Waals surface area (Å²) in [6.07, 6.45) is 1.79. The molecule has 0 saturated carbocycles. The van der Waals surface area contributed by atoms with Gasteiger partial charge in [-0.3, -0.25) is 9.69 Å². The lowest BCUT2D eigenvalue weighted by Gasteiger charge is -2.35. The second kappa shape index (κ2) is 7.20. The Labute approximate surface area is 132 Å². The molecule has 1 fully saturated rings. The second-order valence-corrected chi connectivity index (χ2v) is 6.09. The minimum absolute atomic E-state index is 0.0164. The van der Waals surface area contributed by atoms with Crippen LogP contribution in [-0.2, 0) is 9.53 Å². The molecule has 0 aromatic carbocycles. The van der Waals surface area contributed by atoms with E-state index in [9.17, 15) is 4.79 Å². The highest BCUT2D eigenvalue weighted by Crippen LogP contribution is 2.28. The molecule has 0 aliphatic carbocycles. The summed E-state index contributed by atoms with van der Waals surface area (Å²) in [5, 5.41) is 8.80. The lowest BCUT2D eigenvalue weighted by Crippen LogP contribution is -2.48. The molecule has 6 nitrogen and oxygen atoms in total. The van der Waals surface area contributed by atoms with Gasteiger partial charge in [0.15, 0.2) is 0 Å². The predicted molar refractivity (Wildman–Crippen MR) is 83.8 cm³/mol. The number of carbonyl (C=O) groups is 1. The minimum atomic E-state index is -0.826. The van der Waals surface area contributed by atoms with Crippen molar-refractivity contribution in [1.82, 2.24) is 9.88 Å². The number of anilines is 1. The van der Waals surface area contributed by atoms with Crippen LogP contribution in [0.15, 0.2) is 16.7 Å². The van der Waals surface area contributed by atoms with E-state index in [2.05, 4.69) is 25.8 Å². The number of aryl methyl sites for hydroxylation is 1. The lowest BCUT2D eigenvalue weighted by atomic mass is 10.2. The molecule has 1 aliphatic heterocycles. The van der Waals surface area contributed by atoms with Crippen LogP contribution in [0.5, 0.6) is 0 Å². The van der Waals surface area contributed by atoms with Crippen molar-refractivity contribution in [2.45, 2.75) is 13.0 Å². The van der Waals surface area contributed by atoms with E-state index >= 15 is 0 Å². The summed E-state index contributed by atoms with van der Waals surface area (Å²) in [5.74, 6) is 0.0949. The van der Waals surface area contributed by atoms with Crippen LogP contribution in [0.4, 0.5) is 5.82 Å². The van der Waals surface area contributed by atoms with Crippen LogP contribution < -0.4 is 4.90 Å². The van der Waals surface area contributed by atoms with Gasteiger partial charge in [-0.25, -0.2) is 4.98 Å². The highest BCUT2D eigenvalue weighted by molar-refractivity contribution is 9.10. The maximum atomic E-state index is 10.7. The number of likely N-dealkylation sites (N-methyl/N-ethyl adjacent to an activating group) is 1. The van der Waals surface area contributed by atoms with Gasteiger partial charge in [-0.15, -0.1) is 0 Å². The molecule has 1 unspecified atom stereocenters. The van der Waals surface area contributed by atoms with Gasteiger partial charge in [0.25, 0.3) is 0 Å². The van der Waals surface area contributed by atoms with E-state index in [1.165, 1.54) is 0 Å². The topological polar surface area (TPSA) is 65.9 Å². The highest BCUT2D eigenvalue weighted by atomic mass is 79.9. The average Bonchev–Trinajstić information content (AvgIpc) is 2.41. The molecule has 1 aromatic rings. The first-order valence-corrected chi connectivity index (χ1v) is 7.64. The smallest absolute Gasteiger partial charge is 0.317 e. The van der Waals surface area contributed by atoms with Gasteiger partial charge in [-0.1, -0.05) is 0 Å². The maximum Gasteiger partial charge on any atom is 0.317 e. The van der Waals surface area contributed by atoms with Gasteiger partial charge >= 0.3 is 5.97 Å². The zero-order chi connectivity index (χ0) is 15.4. The zero-order valence-corrected chi connectivity index (χ0v) is 13.8. The van der Waals surface area contributed by atoms with E-state index in [1.54, 1.807) is 18.1 Å². The third kappa shape index (κ3) is 4.39. The van der Waals surface area contributed by atoms with E-state index in [0.717, 1.165) is 22.4 Å². The summed E-state index contributed by atoms with van der Waals surface area (Å²) in [7, 11) is 1.79. The van der Waals surface area contributed by atoms with Gasteiger partial charge in [0.05, 0.1) is 23.7 Å². The number of carboxylic acids is 1. The van der Waals surface area contributed by atoms with Crippen LogP contribution >= 0.6 is 15.9 Å². The van der Waals surface area contributed by atoms with E-state index in [4.69, 9.17) is 9.84 Å². The van der Waals surface area contributed by atoms with Crippen LogP contribution in [0, 0.1) is 6.92 Å². The van der Waals surface area contributed by atoms with E-state index in [-0.39, 0.29) is 12.6 Å². The molecular formula is C14H20BrN3O3. The Bertz CT molecular complexity index is 512. The van der Waals surface area contributed by atoms with Crippen LogP contribution in [0.25, 0.3) is 0 Å². The SMILES string of the molecule is Cc1ccnc(N2CCOC(CN(C)CC(=O)O)C2)c1Br. The van der Waals surface area contributed by atoms with Gasteiger partial charge in [-0.05, 0) is 41.5 Å². The Hall–Kier alpha value is -1.18. The van der Waals surface area contributed by atoms with Crippen molar-refractivity contribution in [2.24, 2.45) is 0 Å². The van der Waals surface area contributed by atoms with Crippen molar-refractivity contribution in [2.75, 3.05) is 44.7 Å². The summed E-state index contributed by atoms with van der Waals surface area (Å²) in [6, 6.07) is 1.96. The van der Waals surface area contributed by atoms with Gasteiger partial charge in [0.1, 0.15) is 5.82 Å². The first-order chi connectivity index (χ1) is 9.97. The van der Waals surface area contributed by atoms with Crippen molar-refractivity contribution in [3.05, 3.63) is 22.3 Å². The molecule has 7 heteroatoms. The number of halogens is 1. The van der Waals surface area contributed by atoms with Crippen molar-refractivity contribution >= 4 is 27.7 Å². The first-order valence-electron chi connectivity index (χ1n) is 6.85. The monoisotopic (exact) mass is 357 g/mol. The van der Waals surface area contributed by atoms with Crippen molar-refractivity contribution in [1.29, 1.82) is 0 Å². The number of hydrogen-bond donors (Lipinski definition) is 1. The Kier molecular flexibility index (Phi) is 5.55. The molecule has 0 spiro atoms. The number of aliphatic carboxylic acids is 1. The summed E-state index contributed by atoms with van der Waals surface area (Å²) >= 11 is 3.59. The molecule has 2 heterocycles. The fourth-order valence-electron chi connectivity index (χ4n) is 2.41. The number of carboxylic acid groups (broad SMARTS) is 1. The van der Waals surface area contributed by atoms with Crippen molar-refractivity contribution in [3.8, 4) is 0 Å². The Balaban J connectivity index is 2.00. The minimum Gasteiger partial charge on any atom is -0.480 e. The predicted octanol–water partition coefficient (Wildman–Crippen LogP) is 1.37. The third-order valence-electron chi connectivity index (χ3n) is 3.42. The van der Waals surface area contributed by atoms with Gasteiger partial charge in [0.2, 0.25) is 0 Å². The second-order valence-electron chi connectivity index (χ2n) is 5.29. The zero-order valence-electron chi connectivity index (χ0n) is 12.3. The van der Waals surface area contributed by atoms with E-state index < -0.39 is 5.97 Å². The average molecular weight is 358 g/mol. The summed E-state index contributed by atoms with van der Waals surface area (Å²) in [5.41, 5.74) is 1.14. The largest absolute Gasteiger partial charge is 0.480 e. The number of rotatable bonds is 5. The third-order valence-corrected chi connectivity index (χ3v) is 4.40. The number of aromatic nitrogens is 1. The van der Waals surface area contributed by atoms with Gasteiger partial charge in [0, 0.05) is 25.8 Å². The quantitative estimate of drug-likeness (QED) is 0.858. The Morgan fingerprint density at radius 2 is 2.43 bits per heavy atom. The lowest BCUT2D eigenvalue weighted by molar-refractivity contribution is -0.138. The summed E-state index contributed by atoms with van der Waals surface area (Å²) in [6.45, 7) is 4.76. The number of pyridine rings is 1. The Morgan fingerprint density at radius 3 is 3.14 bits per heavy atom. The molecule has 2 rings (SSSR count). The van der Waals surface area contributed by atoms with Crippen molar-refractivity contribution < 1.29 is 14.6 Å². The van der Waals surface area contributed by atoms with Crippen LogP contribution in [0.2, 0.25) is 0 Å². The van der Waals surface area contributed by atoms with Gasteiger partial charge < -0.3 is 14.7 Å². The summed E-state index contributed by atoms with van der Waals surface area (Å²) in [4.78, 5) is 19.1. The molecule has 1 aromatic heterocycles. The first kappa shape index (κ1) is 16.2. The normalized spacial score (nSPS) is 19.0. The molecule has 1 N–H and O–H groups in total. The van der Waals surface area contributed by atoms with Crippen LogP contribution in [-0.4, -0.2) is 66.9 Å². The molecule has 1 aliphatic rings. The van der Waals surface area contributed by atoms with E-state index in [0.29, 0.717) is 19.7 Å². The van der Waals surface area contributed by atoms with Crippen molar-refractivity contribution in [3.63, 3.8) is 0 Å². The van der Waals surface area contributed by atoms with Crippen LogP contribution in [0.3, 0.4) is 0 Å². The van der Waals surface area contributed by atoms with Crippen LogP contribution in [0.1, 0.15) is 5.56 Å². The molecular weight excluding hydrogens is 338 g/mol. The molecule has 0 radical (unpaired) electrons. The standard InChI is InChI=1S/C14H20BrN3O3/c1-10-3-4-16-14(13(10)15)18-5-6-21-11(8-18)7-17(2)9-12(19)20/h3-4,11H,5-9H2,1-2H3,(H,19,20). The molecule has 116 valence electrons. The Morgan fingerprint density at radius 1 is 1.67 bits per heavy atom. The number of morpholine rings is 1. The number of nitrogens with zero attached hydrogens (tertiary/aromatic N) is 3. The fraction of sp³-hybridized carbons (Fsp3) is 0.571. The van der Waals surface area contributed by atoms with E-state index in [1.807, 2.05) is 13.0 Å². The summed E-state index contributed by atoms with van der Waals surface area (Å²) < 4.78 is 6.74. The molecule has 1 atom stereocenters. The maximum absolute atomic E-state index is 10.7. The molecule has 0 bridgehead atoms. The fourth-order valence-corrected chi connectivity index (χ4v) is 2.90.